The largest absolute Gasteiger partial charge is 0.433 e. The predicted molar refractivity (Wildman–Crippen MR) is 57.6 cm³/mol. The normalized spacial score (nSPS) is 12.6. The lowest BCUT2D eigenvalue weighted by Gasteiger charge is -2.27. The zero-order chi connectivity index (χ0) is 14.0. The van der Waals surface area contributed by atoms with Crippen molar-refractivity contribution in [1.82, 2.24) is 9.97 Å². The van der Waals surface area contributed by atoms with Gasteiger partial charge in [0.25, 0.3) is 0 Å². The van der Waals surface area contributed by atoms with Crippen LogP contribution >= 0.6 is 0 Å². The van der Waals surface area contributed by atoms with E-state index in [9.17, 15) is 13.2 Å². The van der Waals surface area contributed by atoms with Gasteiger partial charge in [-0.3, -0.25) is 0 Å². The molecule has 0 aliphatic carbocycles. The summed E-state index contributed by atoms with van der Waals surface area (Å²) in [5.41, 5.74) is 2.77. The van der Waals surface area contributed by atoms with Gasteiger partial charge in [0.2, 0.25) is 5.95 Å². The van der Waals surface area contributed by atoms with E-state index in [0.717, 1.165) is 0 Å². The van der Waals surface area contributed by atoms with Crippen LogP contribution in [0.2, 0.25) is 0 Å². The zero-order valence-corrected chi connectivity index (χ0v) is 9.49. The first-order chi connectivity index (χ1) is 8.20. The van der Waals surface area contributed by atoms with E-state index >= 15 is 0 Å². The standard InChI is InChI=1S/C9H13F3N4O2/c1-8(3-17,4-18)16-6-2-5(9(10,11)12)14-7(13)15-6/h2,17-18H,3-4H2,1H3,(H3,13,14,15,16). The molecule has 1 rings (SSSR count). The van der Waals surface area contributed by atoms with Crippen molar-refractivity contribution < 1.29 is 23.4 Å². The number of hydrogen-bond acceptors (Lipinski definition) is 6. The first-order valence-corrected chi connectivity index (χ1v) is 4.92. The third-order valence-corrected chi connectivity index (χ3v) is 2.16. The molecule has 0 amide bonds. The predicted octanol–water partition coefficient (Wildman–Crippen LogP) is 0.233. The summed E-state index contributed by atoms with van der Waals surface area (Å²) in [4.78, 5) is 6.63. The van der Waals surface area contributed by atoms with Gasteiger partial charge in [0, 0.05) is 6.07 Å². The van der Waals surface area contributed by atoms with Crippen molar-refractivity contribution in [3.8, 4) is 0 Å². The number of aromatic nitrogens is 2. The molecule has 0 saturated heterocycles. The molecule has 0 saturated carbocycles. The minimum atomic E-state index is -4.65. The second kappa shape index (κ2) is 4.94. The molecule has 0 radical (unpaired) electrons. The number of alkyl halides is 3. The number of rotatable bonds is 4. The third-order valence-electron chi connectivity index (χ3n) is 2.16. The van der Waals surface area contributed by atoms with Crippen LogP contribution in [-0.2, 0) is 6.18 Å². The van der Waals surface area contributed by atoms with E-state index in [0.29, 0.717) is 6.07 Å². The van der Waals surface area contributed by atoms with Gasteiger partial charge in [-0.2, -0.15) is 18.2 Å². The Hall–Kier alpha value is -1.61. The molecule has 0 spiro atoms. The summed E-state index contributed by atoms with van der Waals surface area (Å²) in [6, 6.07) is 0.653. The smallest absolute Gasteiger partial charge is 0.394 e. The van der Waals surface area contributed by atoms with E-state index in [-0.39, 0.29) is 5.82 Å². The van der Waals surface area contributed by atoms with Crippen molar-refractivity contribution in [2.45, 2.75) is 18.6 Å². The van der Waals surface area contributed by atoms with Gasteiger partial charge in [-0.15, -0.1) is 0 Å². The van der Waals surface area contributed by atoms with Crippen LogP contribution in [0.15, 0.2) is 6.07 Å². The Morgan fingerprint density at radius 3 is 2.28 bits per heavy atom. The minimum absolute atomic E-state index is 0.222. The van der Waals surface area contributed by atoms with Gasteiger partial charge in [-0.1, -0.05) is 0 Å². The molecule has 0 fully saturated rings. The number of hydrogen-bond donors (Lipinski definition) is 4. The topological polar surface area (TPSA) is 104 Å². The van der Waals surface area contributed by atoms with Gasteiger partial charge in [-0.25, -0.2) is 4.98 Å². The van der Waals surface area contributed by atoms with Crippen LogP contribution in [-0.4, -0.2) is 38.9 Å². The number of nitrogens with two attached hydrogens (primary N) is 1. The average molecular weight is 266 g/mol. The van der Waals surface area contributed by atoms with Crippen LogP contribution < -0.4 is 11.1 Å². The third kappa shape index (κ3) is 3.44. The number of halogens is 3. The van der Waals surface area contributed by atoms with Gasteiger partial charge in [0.15, 0.2) is 5.69 Å². The van der Waals surface area contributed by atoms with Crippen LogP contribution in [0, 0.1) is 0 Å². The molecule has 0 bridgehead atoms. The Morgan fingerprint density at radius 1 is 1.28 bits per heavy atom. The molecule has 1 aromatic rings. The van der Waals surface area contributed by atoms with E-state index in [1.807, 2.05) is 0 Å². The van der Waals surface area contributed by atoms with Gasteiger partial charge in [0.1, 0.15) is 5.82 Å². The maximum absolute atomic E-state index is 12.5. The molecule has 1 heterocycles. The highest BCUT2D eigenvalue weighted by molar-refractivity contribution is 5.43. The van der Waals surface area contributed by atoms with Crippen molar-refractivity contribution >= 4 is 11.8 Å². The van der Waals surface area contributed by atoms with Crippen molar-refractivity contribution in [3.05, 3.63) is 11.8 Å². The van der Waals surface area contributed by atoms with Crippen molar-refractivity contribution in [2.24, 2.45) is 0 Å². The highest BCUT2D eigenvalue weighted by Crippen LogP contribution is 2.29. The molecule has 0 unspecified atom stereocenters. The van der Waals surface area contributed by atoms with Gasteiger partial charge in [0.05, 0.1) is 18.8 Å². The van der Waals surface area contributed by atoms with Crippen LogP contribution in [0.5, 0.6) is 0 Å². The summed E-state index contributed by atoms with van der Waals surface area (Å²) in [6.45, 7) is 0.433. The molecule has 6 nitrogen and oxygen atoms in total. The van der Waals surface area contributed by atoms with Crippen molar-refractivity contribution in [2.75, 3.05) is 24.3 Å². The van der Waals surface area contributed by atoms with Gasteiger partial charge in [-0.05, 0) is 6.92 Å². The maximum atomic E-state index is 12.5. The number of nitrogens with one attached hydrogen (secondary N) is 1. The molecule has 0 aliphatic rings. The summed E-state index contributed by atoms with van der Waals surface area (Å²) >= 11 is 0. The molecule has 0 aromatic carbocycles. The Kier molecular flexibility index (Phi) is 3.97. The second-order valence-corrected chi connectivity index (χ2v) is 4.00. The van der Waals surface area contributed by atoms with Crippen LogP contribution in [0.1, 0.15) is 12.6 Å². The minimum Gasteiger partial charge on any atom is -0.394 e. The summed E-state index contributed by atoms with van der Waals surface area (Å²) in [5.74, 6) is -0.772. The SMILES string of the molecule is CC(CO)(CO)Nc1cc(C(F)(F)F)nc(N)n1. The summed E-state index contributed by atoms with van der Waals surface area (Å²) < 4.78 is 37.4. The van der Waals surface area contributed by atoms with Crippen molar-refractivity contribution in [3.63, 3.8) is 0 Å². The fourth-order valence-corrected chi connectivity index (χ4v) is 1.11. The fraction of sp³-hybridized carbons (Fsp3) is 0.556. The van der Waals surface area contributed by atoms with Crippen LogP contribution in [0.4, 0.5) is 24.9 Å². The maximum Gasteiger partial charge on any atom is 0.433 e. The number of anilines is 2. The van der Waals surface area contributed by atoms with Crippen molar-refractivity contribution in [1.29, 1.82) is 0 Å². The number of aliphatic hydroxyl groups excluding tert-OH is 2. The molecule has 5 N–H and O–H groups in total. The Bertz CT molecular complexity index is 421. The lowest BCUT2D eigenvalue weighted by atomic mass is 10.1. The quantitative estimate of drug-likeness (QED) is 0.622. The number of aliphatic hydroxyl groups is 2. The van der Waals surface area contributed by atoms with E-state index < -0.39 is 36.6 Å². The molecular formula is C9H13F3N4O2. The Morgan fingerprint density at radius 2 is 1.83 bits per heavy atom. The zero-order valence-electron chi connectivity index (χ0n) is 9.49. The number of nitrogens with zero attached hydrogens (tertiary/aromatic N) is 2. The highest BCUT2D eigenvalue weighted by atomic mass is 19.4. The average Bonchev–Trinajstić information content (AvgIpc) is 2.27. The lowest BCUT2D eigenvalue weighted by Crippen LogP contribution is -2.43. The molecule has 18 heavy (non-hydrogen) atoms. The van der Waals surface area contributed by atoms with E-state index in [2.05, 4.69) is 15.3 Å². The highest BCUT2D eigenvalue weighted by Gasteiger charge is 2.34. The lowest BCUT2D eigenvalue weighted by molar-refractivity contribution is -0.141. The summed E-state index contributed by atoms with van der Waals surface area (Å²) in [7, 11) is 0. The van der Waals surface area contributed by atoms with E-state index in [1.54, 1.807) is 0 Å². The van der Waals surface area contributed by atoms with E-state index in [1.165, 1.54) is 6.92 Å². The first kappa shape index (κ1) is 14.5. The monoisotopic (exact) mass is 266 g/mol. The van der Waals surface area contributed by atoms with Gasteiger partial charge < -0.3 is 21.3 Å². The summed E-state index contributed by atoms with van der Waals surface area (Å²) in [5, 5.41) is 20.5. The summed E-state index contributed by atoms with van der Waals surface area (Å²) in [6.07, 6.45) is -4.65. The molecule has 0 atom stereocenters. The van der Waals surface area contributed by atoms with Gasteiger partial charge >= 0.3 is 6.18 Å². The molecule has 1 aromatic heterocycles. The Labute approximate surface area is 101 Å². The fourth-order valence-electron chi connectivity index (χ4n) is 1.11. The van der Waals surface area contributed by atoms with Crippen LogP contribution in [0.25, 0.3) is 0 Å². The van der Waals surface area contributed by atoms with Crippen LogP contribution in [0.3, 0.4) is 0 Å². The molecule has 0 aliphatic heterocycles. The Balaban J connectivity index is 3.08. The van der Waals surface area contributed by atoms with E-state index in [4.69, 9.17) is 15.9 Å². The molecule has 9 heteroatoms. The molecule has 102 valence electrons. The second-order valence-electron chi connectivity index (χ2n) is 4.00. The molecular weight excluding hydrogens is 253 g/mol. The number of nitrogen functional groups attached to an aromatic ring is 1. The first-order valence-electron chi connectivity index (χ1n) is 4.92.